The van der Waals surface area contributed by atoms with E-state index in [4.69, 9.17) is 5.11 Å². The number of carbonyl (C=O) groups is 4. The zero-order valence-corrected chi connectivity index (χ0v) is 17.8. The summed E-state index contributed by atoms with van der Waals surface area (Å²) in [5.74, 6) is -4.07. The lowest BCUT2D eigenvalue weighted by Crippen LogP contribution is -2.50. The molecular formula is C27H22O6. The van der Waals surface area contributed by atoms with Gasteiger partial charge in [-0.2, -0.15) is 0 Å². The summed E-state index contributed by atoms with van der Waals surface area (Å²) in [7, 11) is 0. The highest BCUT2D eigenvalue weighted by molar-refractivity contribution is 6.02. The Bertz CT molecular complexity index is 1210. The van der Waals surface area contributed by atoms with Gasteiger partial charge in [0.15, 0.2) is 5.78 Å². The summed E-state index contributed by atoms with van der Waals surface area (Å²) in [4.78, 5) is 48.8. The van der Waals surface area contributed by atoms with E-state index in [9.17, 15) is 24.3 Å². The van der Waals surface area contributed by atoms with Gasteiger partial charge in [-0.3, -0.25) is 9.59 Å². The number of aromatic carboxylic acids is 2. The Morgan fingerprint density at radius 1 is 0.576 bits per heavy atom. The standard InChI is InChI=1S/C27H22O6/c1-15(28)21-22(16-5-3-2-4-6-16)24(23(21)17-7-11-19(12-8-17)26(30)31)25(29)18-9-13-20(14-10-18)27(32)33/h2-14,21-24H,1H3,(H,30,31)(H,32,33)/t21-,22+,23+,24-/m1/s1. The van der Waals surface area contributed by atoms with E-state index in [2.05, 4.69) is 0 Å². The topological polar surface area (TPSA) is 109 Å². The zero-order valence-electron chi connectivity index (χ0n) is 17.8. The molecular weight excluding hydrogens is 420 g/mol. The fourth-order valence-electron chi connectivity index (χ4n) is 4.90. The number of benzene rings is 3. The highest BCUT2D eigenvalue weighted by Crippen LogP contribution is 2.58. The lowest BCUT2D eigenvalue weighted by molar-refractivity contribution is -0.126. The van der Waals surface area contributed by atoms with Gasteiger partial charge in [-0.05, 0) is 42.3 Å². The number of hydrogen-bond donors (Lipinski definition) is 2. The van der Waals surface area contributed by atoms with Crippen molar-refractivity contribution in [1.29, 1.82) is 0 Å². The number of ketones is 2. The molecule has 4 rings (SSSR count). The second-order valence-electron chi connectivity index (χ2n) is 8.30. The smallest absolute Gasteiger partial charge is 0.335 e. The molecule has 1 aliphatic rings. The number of carboxylic acid groups (broad SMARTS) is 2. The molecule has 6 heteroatoms. The van der Waals surface area contributed by atoms with E-state index in [-0.39, 0.29) is 28.6 Å². The minimum Gasteiger partial charge on any atom is -0.478 e. The molecule has 0 aromatic heterocycles. The van der Waals surface area contributed by atoms with Crippen LogP contribution in [0.5, 0.6) is 0 Å². The molecule has 0 saturated heterocycles. The highest BCUT2D eigenvalue weighted by Gasteiger charge is 2.56. The number of carbonyl (C=O) groups excluding carboxylic acids is 2. The summed E-state index contributed by atoms with van der Waals surface area (Å²) < 4.78 is 0. The van der Waals surface area contributed by atoms with Gasteiger partial charge in [0.25, 0.3) is 0 Å². The quantitative estimate of drug-likeness (QED) is 0.515. The normalized spacial score (nSPS) is 21.6. The van der Waals surface area contributed by atoms with Crippen LogP contribution < -0.4 is 0 Å². The van der Waals surface area contributed by atoms with Crippen LogP contribution in [0.3, 0.4) is 0 Å². The molecule has 1 saturated carbocycles. The van der Waals surface area contributed by atoms with E-state index < -0.39 is 29.7 Å². The SMILES string of the molecule is CC(=O)[C@@H]1[C@H](c2ccccc2)[C@@H](C(=O)c2ccc(C(=O)O)cc2)[C@H]1c1ccc(C(=O)O)cc1. The van der Waals surface area contributed by atoms with Crippen LogP contribution in [-0.2, 0) is 4.79 Å². The van der Waals surface area contributed by atoms with E-state index in [0.717, 1.165) is 11.1 Å². The Hall–Kier alpha value is -4.06. The predicted octanol–water partition coefficient (Wildman–Crippen LogP) is 4.67. The summed E-state index contributed by atoms with van der Waals surface area (Å²) in [6, 6.07) is 21.5. The molecule has 3 aromatic rings. The molecule has 1 fully saturated rings. The Balaban J connectivity index is 1.78. The van der Waals surface area contributed by atoms with Gasteiger partial charge in [-0.25, -0.2) is 9.59 Å². The second kappa shape index (κ2) is 8.82. The average molecular weight is 442 g/mol. The summed E-state index contributed by atoms with van der Waals surface area (Å²) in [5.41, 5.74) is 2.20. The Morgan fingerprint density at radius 3 is 1.45 bits per heavy atom. The van der Waals surface area contributed by atoms with Crippen molar-refractivity contribution >= 4 is 23.5 Å². The molecule has 166 valence electrons. The second-order valence-corrected chi connectivity index (χ2v) is 8.30. The van der Waals surface area contributed by atoms with Crippen molar-refractivity contribution < 1.29 is 29.4 Å². The minimum atomic E-state index is -1.08. The summed E-state index contributed by atoms with van der Waals surface area (Å²) in [6.07, 6.45) is 0. The van der Waals surface area contributed by atoms with Crippen LogP contribution in [0.4, 0.5) is 0 Å². The third kappa shape index (κ3) is 4.07. The molecule has 0 bridgehead atoms. The predicted molar refractivity (Wildman–Crippen MR) is 121 cm³/mol. The Morgan fingerprint density at radius 2 is 1.00 bits per heavy atom. The molecule has 3 aromatic carbocycles. The van der Waals surface area contributed by atoms with Crippen molar-refractivity contribution in [2.24, 2.45) is 11.8 Å². The van der Waals surface area contributed by atoms with Gasteiger partial charge in [0.2, 0.25) is 0 Å². The first-order valence-corrected chi connectivity index (χ1v) is 10.6. The van der Waals surface area contributed by atoms with Gasteiger partial charge < -0.3 is 10.2 Å². The third-order valence-electron chi connectivity index (χ3n) is 6.46. The molecule has 0 spiro atoms. The molecule has 6 nitrogen and oxygen atoms in total. The van der Waals surface area contributed by atoms with Gasteiger partial charge in [-0.15, -0.1) is 0 Å². The maximum Gasteiger partial charge on any atom is 0.335 e. The summed E-state index contributed by atoms with van der Waals surface area (Å²) >= 11 is 0. The maximum absolute atomic E-state index is 13.7. The number of carboxylic acids is 2. The van der Waals surface area contributed by atoms with Crippen LogP contribution in [-0.4, -0.2) is 33.7 Å². The van der Waals surface area contributed by atoms with Crippen molar-refractivity contribution in [3.8, 4) is 0 Å². The van der Waals surface area contributed by atoms with Crippen LogP contribution in [0.15, 0.2) is 78.9 Å². The fourth-order valence-corrected chi connectivity index (χ4v) is 4.90. The highest BCUT2D eigenvalue weighted by atomic mass is 16.4. The van der Waals surface area contributed by atoms with Crippen LogP contribution in [0, 0.1) is 11.8 Å². The molecule has 0 amide bonds. The molecule has 4 atom stereocenters. The van der Waals surface area contributed by atoms with E-state index in [1.807, 2.05) is 30.3 Å². The lowest BCUT2D eigenvalue weighted by Gasteiger charge is -2.51. The van der Waals surface area contributed by atoms with Gasteiger partial charge in [0.1, 0.15) is 5.78 Å². The van der Waals surface area contributed by atoms with Crippen LogP contribution >= 0.6 is 0 Å². The molecule has 2 N–H and O–H groups in total. The molecule has 0 heterocycles. The van der Waals surface area contributed by atoms with E-state index in [1.165, 1.54) is 43.3 Å². The fraction of sp³-hybridized carbons (Fsp3) is 0.185. The molecule has 0 aliphatic heterocycles. The summed E-state index contributed by atoms with van der Waals surface area (Å²) in [6.45, 7) is 1.52. The summed E-state index contributed by atoms with van der Waals surface area (Å²) in [5, 5.41) is 18.4. The monoisotopic (exact) mass is 442 g/mol. The first-order chi connectivity index (χ1) is 15.8. The Labute approximate surface area is 190 Å². The van der Waals surface area contributed by atoms with Crippen molar-refractivity contribution in [3.63, 3.8) is 0 Å². The molecule has 33 heavy (non-hydrogen) atoms. The minimum absolute atomic E-state index is 0.0403. The molecule has 0 radical (unpaired) electrons. The molecule has 1 aliphatic carbocycles. The number of hydrogen-bond acceptors (Lipinski definition) is 4. The van der Waals surface area contributed by atoms with E-state index >= 15 is 0 Å². The van der Waals surface area contributed by atoms with Gasteiger partial charge in [0.05, 0.1) is 11.1 Å². The van der Waals surface area contributed by atoms with Crippen LogP contribution in [0.2, 0.25) is 0 Å². The van der Waals surface area contributed by atoms with Gasteiger partial charge in [0, 0.05) is 29.2 Å². The molecule has 0 unspecified atom stereocenters. The van der Waals surface area contributed by atoms with Crippen molar-refractivity contribution in [1.82, 2.24) is 0 Å². The first-order valence-electron chi connectivity index (χ1n) is 10.6. The van der Waals surface area contributed by atoms with E-state index in [0.29, 0.717) is 5.56 Å². The number of Topliss-reactive ketones (excluding diaryl/α,β-unsaturated/α-hetero) is 2. The maximum atomic E-state index is 13.7. The van der Waals surface area contributed by atoms with Crippen molar-refractivity contribution in [2.75, 3.05) is 0 Å². The van der Waals surface area contributed by atoms with Crippen molar-refractivity contribution in [3.05, 3.63) is 107 Å². The third-order valence-corrected chi connectivity index (χ3v) is 6.46. The largest absolute Gasteiger partial charge is 0.478 e. The van der Waals surface area contributed by atoms with Gasteiger partial charge in [-0.1, -0.05) is 54.6 Å². The van der Waals surface area contributed by atoms with Crippen LogP contribution in [0.25, 0.3) is 0 Å². The lowest BCUT2D eigenvalue weighted by atomic mass is 9.50. The number of rotatable bonds is 7. The van der Waals surface area contributed by atoms with E-state index in [1.54, 1.807) is 12.1 Å². The zero-order chi connectivity index (χ0) is 23.7. The van der Waals surface area contributed by atoms with Gasteiger partial charge >= 0.3 is 11.9 Å². The average Bonchev–Trinajstić information content (AvgIpc) is 2.79. The van der Waals surface area contributed by atoms with Crippen LogP contribution in [0.1, 0.15) is 61.0 Å². The van der Waals surface area contributed by atoms with Crippen molar-refractivity contribution in [2.45, 2.75) is 18.8 Å². The first kappa shape index (κ1) is 22.1. The Kier molecular flexibility index (Phi) is 5.92.